The first-order chi connectivity index (χ1) is 14.4. The summed E-state index contributed by atoms with van der Waals surface area (Å²) in [6, 6.07) is 10.3. The molecule has 1 aromatic carbocycles. The number of hydrogen-bond donors (Lipinski definition) is 1. The Morgan fingerprint density at radius 3 is 2.47 bits per heavy atom. The second-order valence-electron chi connectivity index (χ2n) is 7.57. The van der Waals surface area contributed by atoms with Crippen LogP contribution in [0.25, 0.3) is 6.08 Å². The molecule has 1 saturated heterocycles. The summed E-state index contributed by atoms with van der Waals surface area (Å²) in [5, 5.41) is 3.32. The van der Waals surface area contributed by atoms with Crippen LogP contribution in [0.2, 0.25) is 0 Å². The SMILES string of the molecule is Cc1nc(NC(=O)CN2CCN(C/C=C/c3ccccc3)CC2)sc1C(=O)N(C)C. The predicted octanol–water partition coefficient (Wildman–Crippen LogP) is 2.42. The minimum Gasteiger partial charge on any atom is -0.344 e. The topological polar surface area (TPSA) is 68.8 Å². The molecule has 1 aliphatic heterocycles. The summed E-state index contributed by atoms with van der Waals surface area (Å²) >= 11 is 1.23. The number of piperazine rings is 1. The van der Waals surface area contributed by atoms with E-state index in [2.05, 4.69) is 44.4 Å². The van der Waals surface area contributed by atoms with Gasteiger partial charge in [-0.2, -0.15) is 0 Å². The molecule has 0 saturated carbocycles. The van der Waals surface area contributed by atoms with Crippen LogP contribution in [-0.2, 0) is 4.79 Å². The molecule has 8 heteroatoms. The third-order valence-electron chi connectivity index (χ3n) is 4.95. The van der Waals surface area contributed by atoms with E-state index in [0.717, 1.165) is 32.7 Å². The molecular weight excluding hydrogens is 398 g/mol. The van der Waals surface area contributed by atoms with Gasteiger partial charge in [-0.15, -0.1) is 0 Å². The first-order valence-electron chi connectivity index (χ1n) is 10.1. The van der Waals surface area contributed by atoms with Gasteiger partial charge in [0.25, 0.3) is 5.91 Å². The number of anilines is 1. The Hall–Kier alpha value is -2.55. The minimum absolute atomic E-state index is 0.0926. The molecule has 1 fully saturated rings. The van der Waals surface area contributed by atoms with Crippen LogP contribution in [0.5, 0.6) is 0 Å². The van der Waals surface area contributed by atoms with Crippen molar-refractivity contribution in [1.29, 1.82) is 0 Å². The van der Waals surface area contributed by atoms with Crippen LogP contribution in [0.4, 0.5) is 5.13 Å². The highest BCUT2D eigenvalue weighted by Crippen LogP contribution is 2.23. The Kier molecular flexibility index (Phi) is 7.73. The summed E-state index contributed by atoms with van der Waals surface area (Å²) in [7, 11) is 3.41. The van der Waals surface area contributed by atoms with Crippen molar-refractivity contribution >= 4 is 34.4 Å². The lowest BCUT2D eigenvalue weighted by Crippen LogP contribution is -2.48. The number of carbonyl (C=O) groups is 2. The smallest absolute Gasteiger partial charge is 0.265 e. The molecule has 0 atom stereocenters. The summed E-state index contributed by atoms with van der Waals surface area (Å²) in [6.07, 6.45) is 4.33. The van der Waals surface area contributed by atoms with E-state index in [9.17, 15) is 9.59 Å². The van der Waals surface area contributed by atoms with Crippen LogP contribution in [0.1, 0.15) is 20.9 Å². The van der Waals surface area contributed by atoms with Crippen molar-refractivity contribution in [3.63, 3.8) is 0 Å². The fourth-order valence-electron chi connectivity index (χ4n) is 3.25. The maximum absolute atomic E-state index is 12.4. The van der Waals surface area contributed by atoms with Gasteiger partial charge in [-0.3, -0.25) is 19.4 Å². The normalized spacial score (nSPS) is 15.4. The first kappa shape index (κ1) is 22.1. The van der Waals surface area contributed by atoms with Gasteiger partial charge in [0, 0.05) is 46.8 Å². The molecule has 30 heavy (non-hydrogen) atoms. The van der Waals surface area contributed by atoms with Crippen molar-refractivity contribution in [3.05, 3.63) is 52.5 Å². The molecule has 1 aliphatic rings. The molecule has 160 valence electrons. The zero-order chi connectivity index (χ0) is 21.5. The summed E-state index contributed by atoms with van der Waals surface area (Å²) in [5.41, 5.74) is 1.85. The number of thiazole rings is 1. The van der Waals surface area contributed by atoms with Gasteiger partial charge < -0.3 is 10.2 Å². The third-order valence-corrected chi connectivity index (χ3v) is 6.01. The highest BCUT2D eigenvalue weighted by atomic mass is 32.1. The number of aromatic nitrogens is 1. The lowest BCUT2D eigenvalue weighted by molar-refractivity contribution is -0.117. The summed E-state index contributed by atoms with van der Waals surface area (Å²) in [6.45, 7) is 6.61. The highest BCUT2D eigenvalue weighted by molar-refractivity contribution is 7.17. The Bertz CT molecular complexity index is 886. The van der Waals surface area contributed by atoms with Crippen LogP contribution >= 0.6 is 11.3 Å². The van der Waals surface area contributed by atoms with Crippen LogP contribution in [0.15, 0.2) is 36.4 Å². The largest absolute Gasteiger partial charge is 0.344 e. The monoisotopic (exact) mass is 427 g/mol. The Balaban J connectivity index is 1.42. The predicted molar refractivity (Wildman–Crippen MR) is 122 cm³/mol. The van der Waals surface area contributed by atoms with E-state index in [0.29, 0.717) is 22.2 Å². The number of benzene rings is 1. The van der Waals surface area contributed by atoms with Crippen molar-refractivity contribution in [3.8, 4) is 0 Å². The van der Waals surface area contributed by atoms with E-state index in [-0.39, 0.29) is 11.8 Å². The molecular formula is C22H29N5O2S. The average Bonchev–Trinajstić information content (AvgIpc) is 3.09. The van der Waals surface area contributed by atoms with Crippen molar-refractivity contribution in [2.24, 2.45) is 0 Å². The van der Waals surface area contributed by atoms with E-state index in [1.165, 1.54) is 21.8 Å². The van der Waals surface area contributed by atoms with Crippen molar-refractivity contribution in [1.82, 2.24) is 19.7 Å². The maximum Gasteiger partial charge on any atom is 0.265 e. The van der Waals surface area contributed by atoms with Crippen LogP contribution in [0, 0.1) is 6.92 Å². The molecule has 0 radical (unpaired) electrons. The standard InChI is InChI=1S/C22H29N5O2S/c1-17-20(21(29)25(2)3)30-22(23-17)24-19(28)16-27-14-12-26(13-15-27)11-7-10-18-8-5-4-6-9-18/h4-10H,11-16H2,1-3H3,(H,23,24,28)/b10-7+. The summed E-state index contributed by atoms with van der Waals surface area (Å²) < 4.78 is 0. The fourth-order valence-corrected chi connectivity index (χ4v) is 4.25. The van der Waals surface area contributed by atoms with Gasteiger partial charge in [0.15, 0.2) is 5.13 Å². The quantitative estimate of drug-likeness (QED) is 0.735. The molecule has 1 N–H and O–H groups in total. The summed E-state index contributed by atoms with van der Waals surface area (Å²) in [4.78, 5) is 35.5. The maximum atomic E-state index is 12.4. The number of amides is 2. The van der Waals surface area contributed by atoms with E-state index in [1.54, 1.807) is 21.0 Å². The van der Waals surface area contributed by atoms with Gasteiger partial charge >= 0.3 is 0 Å². The molecule has 3 rings (SSSR count). The minimum atomic E-state index is -0.0945. The Labute approximate surface area is 182 Å². The molecule has 0 bridgehead atoms. The third kappa shape index (κ3) is 6.22. The fraction of sp³-hybridized carbons (Fsp3) is 0.409. The zero-order valence-electron chi connectivity index (χ0n) is 17.8. The first-order valence-corrected chi connectivity index (χ1v) is 10.9. The zero-order valence-corrected chi connectivity index (χ0v) is 18.6. The average molecular weight is 428 g/mol. The van der Waals surface area contributed by atoms with E-state index >= 15 is 0 Å². The van der Waals surface area contributed by atoms with E-state index < -0.39 is 0 Å². The number of nitrogens with zero attached hydrogens (tertiary/aromatic N) is 4. The lowest BCUT2D eigenvalue weighted by Gasteiger charge is -2.33. The van der Waals surface area contributed by atoms with E-state index in [4.69, 9.17) is 0 Å². The van der Waals surface area contributed by atoms with Gasteiger partial charge in [-0.1, -0.05) is 53.8 Å². The molecule has 0 aliphatic carbocycles. The van der Waals surface area contributed by atoms with Crippen LogP contribution < -0.4 is 5.32 Å². The highest BCUT2D eigenvalue weighted by Gasteiger charge is 2.21. The molecule has 1 aromatic heterocycles. The van der Waals surface area contributed by atoms with Gasteiger partial charge in [-0.05, 0) is 12.5 Å². The van der Waals surface area contributed by atoms with Crippen molar-refractivity contribution in [2.45, 2.75) is 6.92 Å². The van der Waals surface area contributed by atoms with E-state index in [1.807, 2.05) is 18.2 Å². The summed E-state index contributed by atoms with van der Waals surface area (Å²) in [5.74, 6) is -0.187. The Morgan fingerprint density at radius 2 is 1.80 bits per heavy atom. The molecule has 2 amide bonds. The molecule has 0 unspecified atom stereocenters. The molecule has 7 nitrogen and oxygen atoms in total. The lowest BCUT2D eigenvalue weighted by atomic mass is 10.2. The number of rotatable bonds is 7. The van der Waals surface area contributed by atoms with Crippen molar-refractivity contribution in [2.75, 3.05) is 58.7 Å². The van der Waals surface area contributed by atoms with Gasteiger partial charge in [0.05, 0.1) is 12.2 Å². The van der Waals surface area contributed by atoms with Crippen molar-refractivity contribution < 1.29 is 9.59 Å². The second kappa shape index (κ2) is 10.5. The van der Waals surface area contributed by atoms with Gasteiger partial charge in [0.1, 0.15) is 4.88 Å². The number of hydrogen-bond acceptors (Lipinski definition) is 6. The number of carbonyl (C=O) groups excluding carboxylic acids is 2. The molecule has 2 aromatic rings. The van der Waals surface area contributed by atoms with Crippen LogP contribution in [0.3, 0.4) is 0 Å². The van der Waals surface area contributed by atoms with Crippen LogP contribution in [-0.4, -0.2) is 84.9 Å². The molecule has 2 heterocycles. The second-order valence-corrected chi connectivity index (χ2v) is 8.57. The molecule has 0 spiro atoms. The van der Waals surface area contributed by atoms with Gasteiger partial charge in [0.2, 0.25) is 5.91 Å². The number of aryl methyl sites for hydroxylation is 1. The number of nitrogens with one attached hydrogen (secondary N) is 1. The van der Waals surface area contributed by atoms with Gasteiger partial charge in [-0.25, -0.2) is 4.98 Å². The Morgan fingerprint density at radius 1 is 1.13 bits per heavy atom.